The Morgan fingerprint density at radius 2 is 1.80 bits per heavy atom. The van der Waals surface area contributed by atoms with E-state index in [0.29, 0.717) is 5.91 Å². The molecule has 2 N–H and O–H groups in total. The Morgan fingerprint density at radius 1 is 1.08 bits per heavy atom. The maximum absolute atomic E-state index is 13.0. The van der Waals surface area contributed by atoms with Crippen LogP contribution in [0.5, 0.6) is 0 Å². The summed E-state index contributed by atoms with van der Waals surface area (Å²) in [4.78, 5) is 17.0. The van der Waals surface area contributed by atoms with Gasteiger partial charge in [0.25, 0.3) is 0 Å². The highest BCUT2D eigenvalue weighted by molar-refractivity contribution is 5.85. The first-order valence-corrected chi connectivity index (χ1v) is 8.63. The molecule has 0 radical (unpaired) electrons. The van der Waals surface area contributed by atoms with Crippen LogP contribution in [-0.4, -0.2) is 47.9 Å². The fourth-order valence-corrected chi connectivity index (χ4v) is 3.70. The number of carbonyl (C=O) groups is 1. The molecule has 142 valence electrons. The Kier molecular flexibility index (Phi) is 9.14. The molecule has 1 aliphatic heterocycles. The summed E-state index contributed by atoms with van der Waals surface area (Å²) in [6, 6.07) is 6.89. The molecular formula is C18H28Cl2FN3O. The summed E-state index contributed by atoms with van der Waals surface area (Å²) in [5.41, 5.74) is 7.05. The van der Waals surface area contributed by atoms with Crippen LogP contribution in [0.3, 0.4) is 0 Å². The minimum Gasteiger partial charge on any atom is -0.341 e. The Balaban J connectivity index is 0.00000156. The quantitative estimate of drug-likeness (QED) is 0.861. The maximum atomic E-state index is 13.0. The number of carbonyl (C=O) groups excluding carboxylic acids is 1. The number of hydrogen-bond donors (Lipinski definition) is 1. The van der Waals surface area contributed by atoms with Crippen molar-refractivity contribution in [2.45, 2.75) is 38.3 Å². The molecule has 0 aromatic heterocycles. The van der Waals surface area contributed by atoms with Crippen LogP contribution < -0.4 is 5.73 Å². The van der Waals surface area contributed by atoms with Gasteiger partial charge in [0.05, 0.1) is 0 Å². The van der Waals surface area contributed by atoms with Crippen LogP contribution in [-0.2, 0) is 11.3 Å². The summed E-state index contributed by atoms with van der Waals surface area (Å²) in [5, 5.41) is 0. The van der Waals surface area contributed by atoms with Crippen LogP contribution in [0.15, 0.2) is 24.3 Å². The van der Waals surface area contributed by atoms with Crippen molar-refractivity contribution in [3.8, 4) is 0 Å². The second-order valence-electron chi connectivity index (χ2n) is 6.85. The lowest BCUT2D eigenvalue weighted by Crippen LogP contribution is -2.38. The lowest BCUT2D eigenvalue weighted by Gasteiger charge is -2.24. The van der Waals surface area contributed by atoms with E-state index < -0.39 is 0 Å². The molecule has 1 saturated carbocycles. The lowest BCUT2D eigenvalue weighted by atomic mass is 10.1. The van der Waals surface area contributed by atoms with E-state index in [1.807, 2.05) is 17.0 Å². The molecule has 1 saturated heterocycles. The molecule has 1 aromatic carbocycles. The summed E-state index contributed by atoms with van der Waals surface area (Å²) in [5.74, 6) is 0.228. The van der Waals surface area contributed by atoms with Gasteiger partial charge in [-0.1, -0.05) is 12.1 Å². The molecule has 25 heavy (non-hydrogen) atoms. The Morgan fingerprint density at radius 3 is 2.44 bits per heavy atom. The van der Waals surface area contributed by atoms with Gasteiger partial charge in [-0.25, -0.2) is 4.39 Å². The molecule has 2 atom stereocenters. The smallest absolute Gasteiger partial charge is 0.225 e. The van der Waals surface area contributed by atoms with Crippen LogP contribution in [0.25, 0.3) is 0 Å². The first kappa shape index (κ1) is 22.2. The summed E-state index contributed by atoms with van der Waals surface area (Å²) < 4.78 is 13.0. The zero-order chi connectivity index (χ0) is 16.2. The van der Waals surface area contributed by atoms with Gasteiger partial charge in [-0.15, -0.1) is 24.8 Å². The molecule has 1 amide bonds. The fraction of sp³-hybridized carbons (Fsp3) is 0.611. The van der Waals surface area contributed by atoms with Crippen molar-refractivity contribution in [3.63, 3.8) is 0 Å². The van der Waals surface area contributed by atoms with Crippen LogP contribution in [0.2, 0.25) is 0 Å². The first-order valence-electron chi connectivity index (χ1n) is 8.63. The molecule has 1 aromatic rings. The molecule has 2 fully saturated rings. The summed E-state index contributed by atoms with van der Waals surface area (Å²) in [7, 11) is 0. The van der Waals surface area contributed by atoms with E-state index in [9.17, 15) is 9.18 Å². The van der Waals surface area contributed by atoms with E-state index in [1.165, 1.54) is 12.1 Å². The SMILES string of the molecule is Cl.Cl.NC1CCC(C(=O)N2CCCN(Cc3ccc(F)cc3)CC2)C1. The predicted octanol–water partition coefficient (Wildman–Crippen LogP) is 2.83. The van der Waals surface area contributed by atoms with Gasteiger partial charge in [-0.3, -0.25) is 9.69 Å². The highest BCUT2D eigenvalue weighted by atomic mass is 35.5. The van der Waals surface area contributed by atoms with E-state index in [2.05, 4.69) is 4.90 Å². The number of hydrogen-bond acceptors (Lipinski definition) is 3. The Hall–Kier alpha value is -0.880. The van der Waals surface area contributed by atoms with Gasteiger partial charge >= 0.3 is 0 Å². The normalized spacial score (nSPS) is 24.2. The van der Waals surface area contributed by atoms with E-state index in [1.54, 1.807) is 0 Å². The monoisotopic (exact) mass is 391 g/mol. The van der Waals surface area contributed by atoms with Crippen LogP contribution in [0, 0.1) is 11.7 Å². The van der Waals surface area contributed by atoms with E-state index in [4.69, 9.17) is 5.73 Å². The average Bonchev–Trinajstić information content (AvgIpc) is 2.84. The second-order valence-corrected chi connectivity index (χ2v) is 6.85. The number of halogens is 3. The highest BCUT2D eigenvalue weighted by Crippen LogP contribution is 2.26. The lowest BCUT2D eigenvalue weighted by molar-refractivity contribution is -0.135. The molecule has 1 heterocycles. The van der Waals surface area contributed by atoms with Gasteiger partial charge in [-0.2, -0.15) is 0 Å². The highest BCUT2D eigenvalue weighted by Gasteiger charge is 2.31. The van der Waals surface area contributed by atoms with Gasteiger partial charge < -0.3 is 10.6 Å². The molecule has 7 heteroatoms. The summed E-state index contributed by atoms with van der Waals surface area (Å²) in [6.45, 7) is 4.29. The van der Waals surface area contributed by atoms with Crippen molar-refractivity contribution in [1.82, 2.24) is 9.80 Å². The Labute approximate surface area is 161 Å². The third-order valence-electron chi connectivity index (χ3n) is 5.04. The number of rotatable bonds is 3. The van der Waals surface area contributed by atoms with E-state index in [0.717, 1.165) is 64.0 Å². The minimum atomic E-state index is -0.198. The molecule has 1 aliphatic carbocycles. The Bertz CT molecular complexity index is 544. The number of amides is 1. The second kappa shape index (κ2) is 10.3. The van der Waals surface area contributed by atoms with Gasteiger partial charge in [-0.05, 0) is 43.4 Å². The zero-order valence-corrected chi connectivity index (χ0v) is 16.0. The van der Waals surface area contributed by atoms with Crippen molar-refractivity contribution >= 4 is 30.7 Å². The van der Waals surface area contributed by atoms with Gasteiger partial charge in [0.15, 0.2) is 0 Å². The van der Waals surface area contributed by atoms with E-state index >= 15 is 0 Å². The predicted molar refractivity (Wildman–Crippen MR) is 103 cm³/mol. The first-order chi connectivity index (χ1) is 11.1. The van der Waals surface area contributed by atoms with Crippen LogP contribution in [0.4, 0.5) is 4.39 Å². The van der Waals surface area contributed by atoms with Crippen molar-refractivity contribution in [3.05, 3.63) is 35.6 Å². The van der Waals surface area contributed by atoms with Gasteiger partial charge in [0, 0.05) is 44.7 Å². The molecular weight excluding hydrogens is 364 g/mol. The molecule has 4 nitrogen and oxygen atoms in total. The zero-order valence-electron chi connectivity index (χ0n) is 14.4. The van der Waals surface area contributed by atoms with Gasteiger partial charge in [0.1, 0.15) is 5.82 Å². The number of nitrogens with two attached hydrogens (primary N) is 1. The van der Waals surface area contributed by atoms with Crippen LogP contribution >= 0.6 is 24.8 Å². The van der Waals surface area contributed by atoms with Crippen molar-refractivity contribution in [1.29, 1.82) is 0 Å². The standard InChI is InChI=1S/C18H26FN3O.2ClH/c19-16-5-2-14(3-6-16)13-21-8-1-9-22(11-10-21)18(23)15-4-7-17(20)12-15;;/h2-3,5-6,15,17H,1,4,7-13,20H2;2*1H. The largest absolute Gasteiger partial charge is 0.341 e. The van der Waals surface area contributed by atoms with Gasteiger partial charge in [0.2, 0.25) is 5.91 Å². The van der Waals surface area contributed by atoms with Crippen molar-refractivity contribution in [2.24, 2.45) is 11.7 Å². The molecule has 2 aliphatic rings. The summed E-state index contributed by atoms with van der Waals surface area (Å²) >= 11 is 0. The molecule has 2 unspecified atom stereocenters. The number of benzene rings is 1. The third-order valence-corrected chi connectivity index (χ3v) is 5.04. The van der Waals surface area contributed by atoms with Crippen molar-refractivity contribution < 1.29 is 9.18 Å². The molecule has 3 rings (SSSR count). The summed E-state index contributed by atoms with van der Waals surface area (Å²) in [6.07, 6.45) is 3.75. The van der Waals surface area contributed by atoms with Crippen LogP contribution in [0.1, 0.15) is 31.2 Å². The number of nitrogens with zero attached hydrogens (tertiary/aromatic N) is 2. The maximum Gasteiger partial charge on any atom is 0.225 e. The minimum absolute atomic E-state index is 0. The van der Waals surface area contributed by atoms with Crippen molar-refractivity contribution in [2.75, 3.05) is 26.2 Å². The van der Waals surface area contributed by atoms with E-state index in [-0.39, 0.29) is 42.6 Å². The topological polar surface area (TPSA) is 49.6 Å². The fourth-order valence-electron chi connectivity index (χ4n) is 3.70. The average molecular weight is 392 g/mol. The molecule has 0 bridgehead atoms. The molecule has 0 spiro atoms. The third kappa shape index (κ3) is 6.10.